The second kappa shape index (κ2) is 8.28. The third-order valence-corrected chi connectivity index (χ3v) is 5.91. The molecular weight excluding hydrogens is 396 g/mol. The van der Waals surface area contributed by atoms with Crippen LogP contribution in [0.3, 0.4) is 0 Å². The summed E-state index contributed by atoms with van der Waals surface area (Å²) in [5.41, 5.74) is 4.44. The molecule has 0 spiro atoms. The maximum atomic E-state index is 13.3. The van der Waals surface area contributed by atoms with Crippen molar-refractivity contribution in [3.63, 3.8) is 0 Å². The number of aromatic nitrogens is 4. The predicted octanol–water partition coefficient (Wildman–Crippen LogP) is 4.40. The van der Waals surface area contributed by atoms with Gasteiger partial charge in [0, 0.05) is 29.3 Å². The summed E-state index contributed by atoms with van der Waals surface area (Å²) in [4.78, 5) is 27.1. The molecule has 0 fully saturated rings. The van der Waals surface area contributed by atoms with Crippen LogP contribution in [0.5, 0.6) is 5.75 Å². The van der Waals surface area contributed by atoms with Gasteiger partial charge in [-0.25, -0.2) is 14.5 Å². The number of rotatable bonds is 5. The third kappa shape index (κ3) is 3.68. The van der Waals surface area contributed by atoms with Gasteiger partial charge in [-0.3, -0.25) is 9.78 Å². The zero-order valence-corrected chi connectivity index (χ0v) is 18.2. The number of thioether (sulfide) groups is 1. The molecule has 152 valence electrons. The molecule has 0 bridgehead atoms. The molecule has 30 heavy (non-hydrogen) atoms. The molecular formula is C23H22N4O2S. The first-order chi connectivity index (χ1) is 14.5. The van der Waals surface area contributed by atoms with Crippen LogP contribution in [0.2, 0.25) is 0 Å². The maximum Gasteiger partial charge on any atom is 0.267 e. The molecule has 1 aromatic carbocycles. The highest BCUT2D eigenvalue weighted by Gasteiger charge is 2.16. The summed E-state index contributed by atoms with van der Waals surface area (Å²) in [6.45, 7) is 5.95. The van der Waals surface area contributed by atoms with E-state index in [1.54, 1.807) is 23.9 Å². The van der Waals surface area contributed by atoms with Crippen LogP contribution in [0.15, 0.2) is 58.7 Å². The third-order valence-electron chi connectivity index (χ3n) is 4.96. The van der Waals surface area contributed by atoms with Crippen LogP contribution in [-0.4, -0.2) is 26.6 Å². The lowest BCUT2D eigenvalue weighted by atomic mass is 10.1. The highest BCUT2D eigenvalue weighted by molar-refractivity contribution is 7.98. The number of para-hydroxylation sites is 1. The van der Waals surface area contributed by atoms with E-state index in [1.165, 1.54) is 11.8 Å². The zero-order chi connectivity index (χ0) is 21.3. The minimum atomic E-state index is -0.132. The molecule has 0 N–H and O–H groups in total. The smallest absolute Gasteiger partial charge is 0.267 e. The molecule has 0 unspecified atom stereocenters. The Morgan fingerprint density at radius 2 is 1.90 bits per heavy atom. The first-order valence-electron chi connectivity index (χ1n) is 9.56. The molecule has 6 nitrogen and oxygen atoms in total. The van der Waals surface area contributed by atoms with E-state index in [1.807, 2.05) is 57.3 Å². The highest BCUT2D eigenvalue weighted by Crippen LogP contribution is 2.29. The van der Waals surface area contributed by atoms with Gasteiger partial charge in [-0.05, 0) is 50.6 Å². The normalized spacial score (nSPS) is 11.1. The molecule has 4 aromatic rings. The van der Waals surface area contributed by atoms with E-state index >= 15 is 0 Å². The SMILES string of the molecule is COc1c(C)cnc(CSc2nc3ccccc3c(=O)n2-c2cc(C)ccn2)c1C. The van der Waals surface area contributed by atoms with Gasteiger partial charge < -0.3 is 4.74 Å². The van der Waals surface area contributed by atoms with Crippen LogP contribution in [0, 0.1) is 20.8 Å². The van der Waals surface area contributed by atoms with E-state index < -0.39 is 0 Å². The van der Waals surface area contributed by atoms with Crippen molar-refractivity contribution >= 4 is 22.7 Å². The number of aryl methyl sites for hydroxylation is 2. The molecule has 0 radical (unpaired) electrons. The Morgan fingerprint density at radius 1 is 1.10 bits per heavy atom. The number of benzene rings is 1. The molecule has 0 saturated carbocycles. The fraction of sp³-hybridized carbons (Fsp3) is 0.217. The second-order valence-corrected chi connectivity index (χ2v) is 8.02. The number of hydrogen-bond donors (Lipinski definition) is 0. The summed E-state index contributed by atoms with van der Waals surface area (Å²) in [7, 11) is 1.66. The van der Waals surface area contributed by atoms with Crippen molar-refractivity contribution < 1.29 is 4.74 Å². The topological polar surface area (TPSA) is 69.9 Å². The van der Waals surface area contributed by atoms with E-state index in [4.69, 9.17) is 9.72 Å². The number of hydrogen-bond acceptors (Lipinski definition) is 6. The first kappa shape index (κ1) is 20.1. The quantitative estimate of drug-likeness (QED) is 0.353. The number of fused-ring (bicyclic) bond motifs is 1. The van der Waals surface area contributed by atoms with Crippen molar-refractivity contribution in [2.24, 2.45) is 0 Å². The van der Waals surface area contributed by atoms with Gasteiger partial charge in [0.05, 0.1) is 23.7 Å². The fourth-order valence-corrected chi connectivity index (χ4v) is 4.43. The highest BCUT2D eigenvalue weighted by atomic mass is 32.2. The van der Waals surface area contributed by atoms with Crippen molar-refractivity contribution in [3.8, 4) is 11.6 Å². The van der Waals surface area contributed by atoms with Crippen molar-refractivity contribution in [1.82, 2.24) is 19.5 Å². The van der Waals surface area contributed by atoms with Gasteiger partial charge in [-0.1, -0.05) is 23.9 Å². The summed E-state index contributed by atoms with van der Waals surface area (Å²) < 4.78 is 7.11. The van der Waals surface area contributed by atoms with Gasteiger partial charge in [0.25, 0.3) is 5.56 Å². The lowest BCUT2D eigenvalue weighted by molar-refractivity contribution is 0.407. The van der Waals surface area contributed by atoms with E-state index in [9.17, 15) is 4.79 Å². The Bertz CT molecular complexity index is 1300. The Morgan fingerprint density at radius 3 is 2.67 bits per heavy atom. The van der Waals surface area contributed by atoms with Gasteiger partial charge in [0.2, 0.25) is 0 Å². The average molecular weight is 419 g/mol. The molecule has 0 saturated heterocycles. The Labute approximate surface area is 179 Å². The van der Waals surface area contributed by atoms with Crippen LogP contribution in [-0.2, 0) is 5.75 Å². The van der Waals surface area contributed by atoms with Crippen LogP contribution in [0.4, 0.5) is 0 Å². The minimum Gasteiger partial charge on any atom is -0.496 e. The largest absolute Gasteiger partial charge is 0.496 e. The number of ether oxygens (including phenoxy) is 1. The fourth-order valence-electron chi connectivity index (χ4n) is 3.40. The predicted molar refractivity (Wildman–Crippen MR) is 120 cm³/mol. The van der Waals surface area contributed by atoms with Gasteiger partial charge in [-0.15, -0.1) is 0 Å². The van der Waals surface area contributed by atoms with Crippen LogP contribution in [0.25, 0.3) is 16.7 Å². The van der Waals surface area contributed by atoms with E-state index in [0.717, 1.165) is 28.1 Å². The molecule has 0 atom stereocenters. The summed E-state index contributed by atoms with van der Waals surface area (Å²) >= 11 is 1.46. The van der Waals surface area contributed by atoms with Crippen molar-refractivity contribution in [3.05, 3.63) is 81.5 Å². The van der Waals surface area contributed by atoms with Gasteiger partial charge in [0.15, 0.2) is 5.16 Å². The Balaban J connectivity index is 1.82. The average Bonchev–Trinajstić information content (AvgIpc) is 2.74. The number of methoxy groups -OCH3 is 1. The molecule has 0 aliphatic rings. The van der Waals surface area contributed by atoms with Crippen LogP contribution < -0.4 is 10.3 Å². The Kier molecular flexibility index (Phi) is 5.55. The lowest BCUT2D eigenvalue weighted by Gasteiger charge is -2.14. The number of nitrogens with zero attached hydrogens (tertiary/aromatic N) is 4. The van der Waals surface area contributed by atoms with E-state index in [2.05, 4.69) is 9.97 Å². The number of pyridine rings is 2. The molecule has 3 heterocycles. The van der Waals surface area contributed by atoms with E-state index in [-0.39, 0.29) is 5.56 Å². The summed E-state index contributed by atoms with van der Waals surface area (Å²) in [5.74, 6) is 1.95. The van der Waals surface area contributed by atoms with Crippen molar-refractivity contribution in [2.75, 3.05) is 7.11 Å². The molecule has 4 rings (SSSR count). The van der Waals surface area contributed by atoms with Gasteiger partial charge in [0.1, 0.15) is 11.6 Å². The summed E-state index contributed by atoms with van der Waals surface area (Å²) in [5, 5.41) is 1.15. The van der Waals surface area contributed by atoms with E-state index in [0.29, 0.717) is 27.6 Å². The van der Waals surface area contributed by atoms with Crippen molar-refractivity contribution in [1.29, 1.82) is 0 Å². The second-order valence-electron chi connectivity index (χ2n) is 7.08. The summed E-state index contributed by atoms with van der Waals surface area (Å²) in [6.07, 6.45) is 3.52. The monoisotopic (exact) mass is 418 g/mol. The summed E-state index contributed by atoms with van der Waals surface area (Å²) in [6, 6.07) is 11.2. The van der Waals surface area contributed by atoms with Gasteiger partial charge >= 0.3 is 0 Å². The minimum absolute atomic E-state index is 0.132. The molecule has 0 aliphatic carbocycles. The zero-order valence-electron chi connectivity index (χ0n) is 17.3. The van der Waals surface area contributed by atoms with Gasteiger partial charge in [-0.2, -0.15) is 0 Å². The van der Waals surface area contributed by atoms with Crippen molar-refractivity contribution in [2.45, 2.75) is 31.7 Å². The van der Waals surface area contributed by atoms with Crippen LogP contribution >= 0.6 is 11.8 Å². The molecule has 3 aromatic heterocycles. The lowest BCUT2D eigenvalue weighted by Crippen LogP contribution is -2.22. The molecule has 7 heteroatoms. The Hall–Kier alpha value is -3.19. The standard InChI is InChI=1S/C23H22N4O2S/c1-14-9-10-24-20(11-14)27-22(28)17-7-5-6-8-18(17)26-23(27)30-13-19-16(3)21(29-4)15(2)12-25-19/h5-12H,13H2,1-4H3. The first-order valence-corrected chi connectivity index (χ1v) is 10.5. The molecule has 0 aliphatic heterocycles. The van der Waals surface area contributed by atoms with Crippen LogP contribution in [0.1, 0.15) is 22.4 Å². The molecule has 0 amide bonds. The maximum absolute atomic E-state index is 13.3.